The van der Waals surface area contributed by atoms with Crippen LogP contribution in [0.5, 0.6) is 0 Å². The average Bonchev–Trinajstić information content (AvgIpc) is 2.52. The second-order valence-electron chi connectivity index (χ2n) is 7.43. The molecule has 0 amide bonds. The minimum absolute atomic E-state index is 0.161. The molecule has 0 aromatic heterocycles. The van der Waals surface area contributed by atoms with Crippen molar-refractivity contribution in [3.8, 4) is 0 Å². The van der Waals surface area contributed by atoms with Gasteiger partial charge in [0.1, 0.15) is 0 Å². The minimum Gasteiger partial charge on any atom is -0.377 e. The van der Waals surface area contributed by atoms with Crippen molar-refractivity contribution in [1.82, 2.24) is 10.2 Å². The number of hydrogen-bond acceptors (Lipinski definition) is 4. The van der Waals surface area contributed by atoms with Crippen molar-refractivity contribution in [2.75, 3.05) is 44.9 Å². The molecule has 0 saturated carbocycles. The first-order valence-electron chi connectivity index (χ1n) is 8.52. The summed E-state index contributed by atoms with van der Waals surface area (Å²) in [7, 11) is 2.75. The normalized spacial score (nSPS) is 19.6. The third kappa shape index (κ3) is 4.26. The van der Waals surface area contributed by atoms with Crippen molar-refractivity contribution in [3.63, 3.8) is 0 Å². The first kappa shape index (κ1) is 19.6. The van der Waals surface area contributed by atoms with Gasteiger partial charge in [0.25, 0.3) is 0 Å². The van der Waals surface area contributed by atoms with E-state index in [-0.39, 0.29) is 5.75 Å². The predicted molar refractivity (Wildman–Crippen MR) is 105 cm³/mol. The van der Waals surface area contributed by atoms with Crippen molar-refractivity contribution < 1.29 is 8.42 Å². The van der Waals surface area contributed by atoms with Gasteiger partial charge < -0.3 is 15.1 Å². The Bertz CT molecular complexity index is 754. The minimum atomic E-state index is -3.06. The molecule has 0 unspecified atom stereocenters. The van der Waals surface area contributed by atoms with Crippen molar-refractivity contribution in [1.29, 1.82) is 0 Å². The number of sulfone groups is 1. The van der Waals surface area contributed by atoms with Crippen LogP contribution in [0.1, 0.15) is 25.0 Å². The lowest BCUT2D eigenvalue weighted by molar-refractivity contribution is 0.353. The zero-order valence-electron chi connectivity index (χ0n) is 16.1. The molecule has 0 radical (unpaired) electrons. The molecule has 0 atom stereocenters. The van der Waals surface area contributed by atoms with Gasteiger partial charge in [0, 0.05) is 46.5 Å². The highest BCUT2D eigenvalue weighted by molar-refractivity contribution is 7.92. The summed E-state index contributed by atoms with van der Waals surface area (Å²) >= 11 is 0. The van der Waals surface area contributed by atoms with E-state index in [1.165, 1.54) is 16.8 Å². The second-order valence-corrected chi connectivity index (χ2v) is 10.2. The van der Waals surface area contributed by atoms with Gasteiger partial charge in [-0.15, -0.1) is 0 Å². The highest BCUT2D eigenvalue weighted by Gasteiger charge is 2.40. The first-order valence-corrected chi connectivity index (χ1v) is 10.2. The molecular weight excluding hydrogens is 336 g/mol. The largest absolute Gasteiger partial charge is 0.377 e. The van der Waals surface area contributed by atoms with Gasteiger partial charge in [-0.25, -0.2) is 8.42 Å². The lowest BCUT2D eigenvalue weighted by Crippen LogP contribution is -2.57. The second kappa shape index (κ2) is 7.23. The van der Waals surface area contributed by atoms with E-state index < -0.39 is 14.6 Å². The van der Waals surface area contributed by atoms with E-state index >= 15 is 0 Å². The van der Waals surface area contributed by atoms with Crippen LogP contribution < -0.4 is 10.2 Å². The van der Waals surface area contributed by atoms with E-state index in [2.05, 4.69) is 40.3 Å². The number of rotatable bonds is 3. The summed E-state index contributed by atoms with van der Waals surface area (Å²) in [5.41, 5.74) is 3.57. The molecule has 1 aliphatic rings. The Morgan fingerprint density at radius 2 is 2.04 bits per heavy atom. The van der Waals surface area contributed by atoms with Gasteiger partial charge in [-0.2, -0.15) is 0 Å². The maximum absolute atomic E-state index is 12.2. The highest BCUT2D eigenvalue weighted by Crippen LogP contribution is 2.24. The fraction of sp³-hybridized carbons (Fsp3) is 0.611. The van der Waals surface area contributed by atoms with Gasteiger partial charge in [0.05, 0.1) is 10.5 Å². The Morgan fingerprint density at radius 3 is 2.60 bits per heavy atom. The third-order valence-electron chi connectivity index (χ3n) is 4.71. The first-order chi connectivity index (χ1) is 11.6. The SMILES string of the molecule is CN=C(NCc1ccc(C)cc1N(C)C)N1CCS(=O)(=O)C(C)(C)C1. The molecule has 1 fully saturated rings. The molecule has 1 aliphatic heterocycles. The Hall–Kier alpha value is -1.76. The molecule has 0 spiro atoms. The molecule has 1 aromatic rings. The lowest BCUT2D eigenvalue weighted by Gasteiger charge is -2.39. The number of nitrogens with one attached hydrogen (secondary N) is 1. The van der Waals surface area contributed by atoms with Crippen LogP contribution in [-0.4, -0.2) is 64.0 Å². The smallest absolute Gasteiger partial charge is 0.193 e. The Balaban J connectivity index is 2.12. The average molecular weight is 367 g/mol. The summed E-state index contributed by atoms with van der Waals surface area (Å²) < 4.78 is 23.6. The molecular formula is C18H30N4O2S. The fourth-order valence-electron chi connectivity index (χ4n) is 3.07. The summed E-state index contributed by atoms with van der Waals surface area (Å²) in [4.78, 5) is 8.49. The number of nitrogens with zero attached hydrogens (tertiary/aromatic N) is 3. The summed E-state index contributed by atoms with van der Waals surface area (Å²) in [6, 6.07) is 6.38. The third-order valence-corrected chi connectivity index (χ3v) is 7.25. The number of anilines is 1. The van der Waals surface area contributed by atoms with Gasteiger partial charge in [-0.05, 0) is 38.0 Å². The van der Waals surface area contributed by atoms with Gasteiger partial charge in [0.15, 0.2) is 15.8 Å². The molecule has 25 heavy (non-hydrogen) atoms. The molecule has 1 N–H and O–H groups in total. The topological polar surface area (TPSA) is 65.0 Å². The summed E-state index contributed by atoms with van der Waals surface area (Å²) in [5, 5.41) is 3.39. The van der Waals surface area contributed by atoms with Crippen LogP contribution in [0.2, 0.25) is 0 Å². The maximum Gasteiger partial charge on any atom is 0.193 e. The van der Waals surface area contributed by atoms with E-state index in [0.29, 0.717) is 19.6 Å². The Morgan fingerprint density at radius 1 is 1.36 bits per heavy atom. The van der Waals surface area contributed by atoms with Crippen LogP contribution in [0.4, 0.5) is 5.69 Å². The molecule has 7 heteroatoms. The number of guanidine groups is 1. The van der Waals surface area contributed by atoms with Gasteiger partial charge >= 0.3 is 0 Å². The number of benzene rings is 1. The molecule has 1 aromatic carbocycles. The zero-order chi connectivity index (χ0) is 18.8. The van der Waals surface area contributed by atoms with E-state index in [4.69, 9.17) is 0 Å². The van der Waals surface area contributed by atoms with Crippen molar-refractivity contribution >= 4 is 21.5 Å². The molecule has 1 heterocycles. The molecule has 6 nitrogen and oxygen atoms in total. The van der Waals surface area contributed by atoms with Crippen LogP contribution in [0.15, 0.2) is 23.2 Å². The van der Waals surface area contributed by atoms with Crippen LogP contribution in [0, 0.1) is 6.92 Å². The van der Waals surface area contributed by atoms with Crippen LogP contribution in [0.25, 0.3) is 0 Å². The monoisotopic (exact) mass is 366 g/mol. The van der Waals surface area contributed by atoms with E-state index in [1.807, 2.05) is 19.0 Å². The van der Waals surface area contributed by atoms with Gasteiger partial charge in [-0.3, -0.25) is 4.99 Å². The van der Waals surface area contributed by atoms with Crippen LogP contribution >= 0.6 is 0 Å². The number of aryl methyl sites for hydroxylation is 1. The fourth-order valence-corrected chi connectivity index (χ4v) is 4.44. The molecule has 1 saturated heterocycles. The van der Waals surface area contributed by atoms with Gasteiger partial charge in [0.2, 0.25) is 0 Å². The molecule has 140 valence electrons. The standard InChI is InChI=1S/C18H30N4O2S/c1-14-7-8-15(16(11-14)21(5)6)12-20-17(19-4)22-9-10-25(23,24)18(2,3)13-22/h7-8,11H,9-10,12-13H2,1-6H3,(H,19,20). The molecule has 0 aliphatic carbocycles. The Kier molecular flexibility index (Phi) is 5.66. The van der Waals surface area contributed by atoms with E-state index in [9.17, 15) is 8.42 Å². The number of aliphatic imine (C=N–C) groups is 1. The molecule has 2 rings (SSSR count). The van der Waals surface area contributed by atoms with Crippen molar-refractivity contribution in [2.45, 2.75) is 32.1 Å². The van der Waals surface area contributed by atoms with Crippen molar-refractivity contribution in [2.24, 2.45) is 4.99 Å². The Labute approximate surface area is 151 Å². The van der Waals surface area contributed by atoms with Gasteiger partial charge in [-0.1, -0.05) is 12.1 Å². The quantitative estimate of drug-likeness (QED) is 0.651. The maximum atomic E-state index is 12.2. The lowest BCUT2D eigenvalue weighted by atomic mass is 10.1. The molecule has 0 bridgehead atoms. The summed E-state index contributed by atoms with van der Waals surface area (Å²) in [6.07, 6.45) is 0. The zero-order valence-corrected chi connectivity index (χ0v) is 16.9. The van der Waals surface area contributed by atoms with Crippen LogP contribution in [0.3, 0.4) is 0 Å². The van der Waals surface area contributed by atoms with E-state index in [0.717, 1.165) is 5.96 Å². The van der Waals surface area contributed by atoms with Crippen LogP contribution in [-0.2, 0) is 16.4 Å². The summed E-state index contributed by atoms with van der Waals surface area (Å²) in [5.74, 6) is 0.905. The predicted octanol–water partition coefficient (Wildman–Crippen LogP) is 1.65. The summed E-state index contributed by atoms with van der Waals surface area (Å²) in [6.45, 7) is 7.21. The van der Waals surface area contributed by atoms with Crippen molar-refractivity contribution in [3.05, 3.63) is 29.3 Å². The number of hydrogen-bond donors (Lipinski definition) is 1. The van der Waals surface area contributed by atoms with E-state index in [1.54, 1.807) is 20.9 Å². The highest BCUT2D eigenvalue weighted by atomic mass is 32.2.